The van der Waals surface area contributed by atoms with Crippen molar-refractivity contribution in [2.24, 2.45) is 0 Å². The van der Waals surface area contributed by atoms with Gasteiger partial charge in [0.1, 0.15) is 0 Å². The number of ether oxygens (including phenoxy) is 2. The first-order valence-corrected chi connectivity index (χ1v) is 7.70. The summed E-state index contributed by atoms with van der Waals surface area (Å²) in [7, 11) is 3.13. The zero-order chi connectivity index (χ0) is 17.5. The van der Waals surface area contributed by atoms with Crippen molar-refractivity contribution in [2.45, 2.75) is 19.9 Å². The number of rotatable bonds is 6. The molecule has 1 N–H and O–H groups in total. The topological polar surface area (TPSA) is 60.5 Å². The monoisotopic (exact) mass is 326 g/mol. The number of hydrogen-bond acceptors (Lipinski definition) is 4. The summed E-state index contributed by atoms with van der Waals surface area (Å²) in [5.74, 6) is 0.942. The SMILES string of the molecule is C/C=C/c1cc(C(=O)NC(C)c2cccnc2)cc(OC)c1OC. The van der Waals surface area contributed by atoms with E-state index < -0.39 is 0 Å². The third-order valence-electron chi connectivity index (χ3n) is 3.65. The molecule has 0 saturated carbocycles. The van der Waals surface area contributed by atoms with Crippen LogP contribution in [0.15, 0.2) is 42.7 Å². The highest BCUT2D eigenvalue weighted by molar-refractivity contribution is 5.96. The number of hydrogen-bond donors (Lipinski definition) is 1. The molecule has 0 radical (unpaired) electrons. The minimum Gasteiger partial charge on any atom is -0.493 e. The molecule has 24 heavy (non-hydrogen) atoms. The van der Waals surface area contributed by atoms with E-state index in [1.807, 2.05) is 38.1 Å². The summed E-state index contributed by atoms with van der Waals surface area (Å²) >= 11 is 0. The van der Waals surface area contributed by atoms with Gasteiger partial charge < -0.3 is 14.8 Å². The van der Waals surface area contributed by atoms with Crippen LogP contribution in [0.3, 0.4) is 0 Å². The Kier molecular flexibility index (Phi) is 5.95. The van der Waals surface area contributed by atoms with Crippen LogP contribution in [0.2, 0.25) is 0 Å². The summed E-state index contributed by atoms with van der Waals surface area (Å²) in [5, 5.41) is 2.97. The first-order chi connectivity index (χ1) is 11.6. The molecular weight excluding hydrogens is 304 g/mol. The molecule has 0 fully saturated rings. The molecule has 0 aliphatic carbocycles. The minimum atomic E-state index is -0.182. The number of carbonyl (C=O) groups is 1. The number of nitrogens with zero attached hydrogens (tertiary/aromatic N) is 1. The number of nitrogens with one attached hydrogen (secondary N) is 1. The fraction of sp³-hybridized carbons (Fsp3) is 0.263. The first kappa shape index (κ1) is 17.5. The fourth-order valence-corrected chi connectivity index (χ4v) is 2.42. The summed E-state index contributed by atoms with van der Waals surface area (Å²) in [6, 6.07) is 7.09. The molecule has 0 spiro atoms. The van der Waals surface area contributed by atoms with Gasteiger partial charge in [-0.25, -0.2) is 0 Å². The van der Waals surface area contributed by atoms with Crippen LogP contribution in [0.25, 0.3) is 6.08 Å². The molecular formula is C19H22N2O3. The van der Waals surface area contributed by atoms with Crippen molar-refractivity contribution in [1.82, 2.24) is 10.3 Å². The van der Waals surface area contributed by atoms with Gasteiger partial charge in [0.05, 0.1) is 20.3 Å². The summed E-state index contributed by atoms with van der Waals surface area (Å²) in [6.45, 7) is 3.83. The lowest BCUT2D eigenvalue weighted by Gasteiger charge is -2.16. The van der Waals surface area contributed by atoms with Crippen molar-refractivity contribution < 1.29 is 14.3 Å². The zero-order valence-corrected chi connectivity index (χ0v) is 14.4. The number of methoxy groups -OCH3 is 2. The average Bonchev–Trinajstić information content (AvgIpc) is 2.61. The summed E-state index contributed by atoms with van der Waals surface area (Å²) < 4.78 is 10.7. The molecule has 2 aromatic rings. The molecule has 0 aliphatic rings. The van der Waals surface area contributed by atoms with Crippen LogP contribution in [0.1, 0.15) is 41.4 Å². The van der Waals surface area contributed by atoms with Crippen LogP contribution >= 0.6 is 0 Å². The van der Waals surface area contributed by atoms with Gasteiger partial charge in [0, 0.05) is 23.5 Å². The van der Waals surface area contributed by atoms with E-state index in [1.165, 1.54) is 0 Å². The summed E-state index contributed by atoms with van der Waals surface area (Å²) in [5.41, 5.74) is 2.25. The first-order valence-electron chi connectivity index (χ1n) is 7.70. The Morgan fingerprint density at radius 1 is 1.29 bits per heavy atom. The van der Waals surface area contributed by atoms with Gasteiger partial charge in [0.25, 0.3) is 5.91 Å². The number of pyridine rings is 1. The molecule has 1 unspecified atom stereocenters. The Balaban J connectivity index is 2.30. The Morgan fingerprint density at radius 2 is 2.08 bits per heavy atom. The molecule has 1 atom stereocenters. The standard InChI is InChI=1S/C19H22N2O3/c1-5-7-14-10-16(11-17(23-3)18(14)24-4)19(22)21-13(2)15-8-6-9-20-12-15/h5-13H,1-4H3,(H,21,22)/b7-5+. The number of benzene rings is 1. The Bertz CT molecular complexity index is 727. The second-order valence-corrected chi connectivity index (χ2v) is 5.28. The van der Waals surface area contributed by atoms with Gasteiger partial charge in [-0.15, -0.1) is 0 Å². The highest BCUT2D eigenvalue weighted by atomic mass is 16.5. The predicted molar refractivity (Wildman–Crippen MR) is 94.4 cm³/mol. The molecule has 126 valence electrons. The molecule has 1 amide bonds. The normalized spacial score (nSPS) is 12.0. The zero-order valence-electron chi connectivity index (χ0n) is 14.4. The van der Waals surface area contributed by atoms with Crippen LogP contribution in [-0.2, 0) is 0 Å². The van der Waals surface area contributed by atoms with Gasteiger partial charge in [-0.3, -0.25) is 9.78 Å². The van der Waals surface area contributed by atoms with E-state index in [2.05, 4.69) is 10.3 Å². The molecule has 1 aromatic carbocycles. The quantitative estimate of drug-likeness (QED) is 0.881. The third-order valence-corrected chi connectivity index (χ3v) is 3.65. The lowest BCUT2D eigenvalue weighted by atomic mass is 10.1. The summed E-state index contributed by atoms with van der Waals surface area (Å²) in [4.78, 5) is 16.7. The molecule has 0 saturated heterocycles. The maximum atomic E-state index is 12.6. The van der Waals surface area contributed by atoms with E-state index in [0.717, 1.165) is 11.1 Å². The van der Waals surface area contributed by atoms with Crippen molar-refractivity contribution >= 4 is 12.0 Å². The molecule has 0 aliphatic heterocycles. The fourth-order valence-electron chi connectivity index (χ4n) is 2.42. The molecule has 5 heteroatoms. The van der Waals surface area contributed by atoms with Crippen LogP contribution in [-0.4, -0.2) is 25.1 Å². The Labute approximate surface area is 142 Å². The van der Waals surface area contributed by atoms with Gasteiger partial charge in [-0.2, -0.15) is 0 Å². The highest BCUT2D eigenvalue weighted by Crippen LogP contribution is 2.33. The van der Waals surface area contributed by atoms with Crippen LogP contribution in [0, 0.1) is 0 Å². The van der Waals surface area contributed by atoms with Gasteiger partial charge in [0.2, 0.25) is 0 Å². The van der Waals surface area contributed by atoms with E-state index in [4.69, 9.17) is 9.47 Å². The minimum absolute atomic E-state index is 0.149. The van der Waals surface area contributed by atoms with Crippen molar-refractivity contribution in [1.29, 1.82) is 0 Å². The molecule has 1 aromatic heterocycles. The Hall–Kier alpha value is -2.82. The Morgan fingerprint density at radius 3 is 2.67 bits per heavy atom. The van der Waals surface area contributed by atoms with Crippen molar-refractivity contribution in [2.75, 3.05) is 14.2 Å². The molecule has 5 nitrogen and oxygen atoms in total. The second kappa shape index (κ2) is 8.15. The number of allylic oxidation sites excluding steroid dienone is 1. The van der Waals surface area contributed by atoms with Crippen LogP contribution < -0.4 is 14.8 Å². The van der Waals surface area contributed by atoms with Crippen molar-refractivity contribution in [3.63, 3.8) is 0 Å². The molecule has 2 rings (SSSR count). The number of aromatic nitrogens is 1. The predicted octanol–water partition coefficient (Wildman–Crippen LogP) is 3.62. The van der Waals surface area contributed by atoms with E-state index in [-0.39, 0.29) is 11.9 Å². The molecule has 1 heterocycles. The van der Waals surface area contributed by atoms with E-state index >= 15 is 0 Å². The third kappa shape index (κ3) is 3.93. The average molecular weight is 326 g/mol. The van der Waals surface area contributed by atoms with Crippen molar-refractivity contribution in [3.05, 3.63) is 59.4 Å². The smallest absolute Gasteiger partial charge is 0.251 e. The van der Waals surface area contributed by atoms with E-state index in [1.54, 1.807) is 38.7 Å². The number of amides is 1. The highest BCUT2D eigenvalue weighted by Gasteiger charge is 2.17. The largest absolute Gasteiger partial charge is 0.493 e. The number of carbonyl (C=O) groups excluding carboxylic acids is 1. The van der Waals surface area contributed by atoms with E-state index in [9.17, 15) is 4.79 Å². The van der Waals surface area contributed by atoms with Gasteiger partial charge in [-0.1, -0.05) is 18.2 Å². The molecule has 0 bridgehead atoms. The van der Waals surface area contributed by atoms with Gasteiger partial charge >= 0.3 is 0 Å². The van der Waals surface area contributed by atoms with Crippen LogP contribution in [0.5, 0.6) is 11.5 Å². The van der Waals surface area contributed by atoms with Gasteiger partial charge in [0.15, 0.2) is 11.5 Å². The maximum absolute atomic E-state index is 12.6. The maximum Gasteiger partial charge on any atom is 0.251 e. The summed E-state index contributed by atoms with van der Waals surface area (Å²) in [6.07, 6.45) is 7.21. The van der Waals surface area contributed by atoms with Gasteiger partial charge in [-0.05, 0) is 37.6 Å². The van der Waals surface area contributed by atoms with Crippen LogP contribution in [0.4, 0.5) is 0 Å². The lowest BCUT2D eigenvalue weighted by molar-refractivity contribution is 0.0939. The second-order valence-electron chi connectivity index (χ2n) is 5.28. The van der Waals surface area contributed by atoms with E-state index in [0.29, 0.717) is 17.1 Å². The van der Waals surface area contributed by atoms with Crippen molar-refractivity contribution in [3.8, 4) is 11.5 Å². The lowest BCUT2D eigenvalue weighted by Crippen LogP contribution is -2.26.